The summed E-state index contributed by atoms with van der Waals surface area (Å²) in [6.07, 6.45) is 8.19. The highest BCUT2D eigenvalue weighted by Crippen LogP contribution is 2.22. The molecule has 0 saturated heterocycles. The van der Waals surface area contributed by atoms with E-state index < -0.39 is 10.7 Å². The summed E-state index contributed by atoms with van der Waals surface area (Å²) in [4.78, 5) is 22.7. The van der Waals surface area contributed by atoms with Crippen molar-refractivity contribution in [2.75, 3.05) is 0 Å². The molecule has 30 heavy (non-hydrogen) atoms. The van der Waals surface area contributed by atoms with Gasteiger partial charge in [0.05, 0.1) is 11.3 Å². The summed E-state index contributed by atoms with van der Waals surface area (Å²) in [5.41, 5.74) is 1.45. The maximum atomic E-state index is 12.5. The van der Waals surface area contributed by atoms with E-state index in [2.05, 4.69) is 5.10 Å². The monoisotopic (exact) mass is 422 g/mol. The Labute approximate surface area is 175 Å². The molecule has 0 fully saturated rings. The van der Waals surface area contributed by atoms with Gasteiger partial charge in [-0.3, -0.25) is 4.79 Å². The highest BCUT2D eigenvalue weighted by atomic mass is 35.5. The molecule has 0 spiro atoms. The second kappa shape index (κ2) is 8.22. The zero-order chi connectivity index (χ0) is 21.1. The standard InChI is InChI=1S/C21H15ClN4O4/c22-19-14-25(23-21(19)26(28)29)13-18-7-6-17(30-18)8-9-20(27)15-4-3-5-16(12-15)24-10-1-2-11-24/h1-12,14H,13H2/b9-8+. The van der Waals surface area contributed by atoms with E-state index in [-0.39, 0.29) is 17.4 Å². The Kier molecular flexibility index (Phi) is 5.32. The molecule has 0 unspecified atom stereocenters. The molecule has 0 aliphatic heterocycles. The van der Waals surface area contributed by atoms with Crippen LogP contribution < -0.4 is 0 Å². The third kappa shape index (κ3) is 4.23. The molecule has 0 aliphatic rings. The van der Waals surface area contributed by atoms with Gasteiger partial charge < -0.3 is 19.1 Å². The summed E-state index contributed by atoms with van der Waals surface area (Å²) in [7, 11) is 0. The Morgan fingerprint density at radius 2 is 2.00 bits per heavy atom. The predicted octanol–water partition coefficient (Wildman–Crippen LogP) is 4.77. The largest absolute Gasteiger partial charge is 0.460 e. The van der Waals surface area contributed by atoms with Gasteiger partial charge in [0.25, 0.3) is 0 Å². The SMILES string of the molecule is O=C(/C=C/c1ccc(Cn2cc(Cl)c([N+](=O)[O-])n2)o1)c1cccc(-n2cccc2)c1. The fourth-order valence-corrected chi connectivity index (χ4v) is 3.12. The van der Waals surface area contributed by atoms with Gasteiger partial charge in [0.15, 0.2) is 10.8 Å². The van der Waals surface area contributed by atoms with Gasteiger partial charge >= 0.3 is 5.82 Å². The number of furan rings is 1. The quantitative estimate of drug-likeness (QED) is 0.185. The van der Waals surface area contributed by atoms with Gasteiger partial charge in [-0.2, -0.15) is 4.68 Å². The van der Waals surface area contributed by atoms with Crippen LogP contribution in [0.4, 0.5) is 5.82 Å². The third-order valence-corrected chi connectivity index (χ3v) is 4.57. The minimum absolute atomic E-state index is 0.0422. The molecule has 0 amide bonds. The number of halogens is 1. The van der Waals surface area contributed by atoms with Crippen LogP contribution in [0.15, 0.2) is 77.6 Å². The first kappa shape index (κ1) is 19.4. The maximum absolute atomic E-state index is 12.5. The normalized spacial score (nSPS) is 11.2. The van der Waals surface area contributed by atoms with Crippen molar-refractivity contribution in [3.8, 4) is 5.69 Å². The molecule has 0 N–H and O–H groups in total. The lowest BCUT2D eigenvalue weighted by Crippen LogP contribution is -2.00. The summed E-state index contributed by atoms with van der Waals surface area (Å²) in [6.45, 7) is 0.175. The predicted molar refractivity (Wildman–Crippen MR) is 111 cm³/mol. The van der Waals surface area contributed by atoms with Crippen molar-refractivity contribution in [2.24, 2.45) is 0 Å². The number of allylic oxidation sites excluding steroid dienone is 1. The van der Waals surface area contributed by atoms with E-state index in [0.717, 1.165) is 5.69 Å². The van der Waals surface area contributed by atoms with Gasteiger partial charge in [0, 0.05) is 23.6 Å². The molecule has 8 nitrogen and oxygen atoms in total. The number of carbonyl (C=O) groups is 1. The zero-order valence-corrected chi connectivity index (χ0v) is 16.3. The van der Waals surface area contributed by atoms with Crippen LogP contribution in [-0.4, -0.2) is 25.1 Å². The number of nitrogens with zero attached hydrogens (tertiary/aromatic N) is 4. The van der Waals surface area contributed by atoms with Gasteiger partial charge in [-0.05, 0) is 53.5 Å². The molecule has 150 valence electrons. The van der Waals surface area contributed by atoms with Crippen molar-refractivity contribution in [3.05, 3.63) is 105 Å². The van der Waals surface area contributed by atoms with Gasteiger partial charge in [-0.1, -0.05) is 23.7 Å². The Balaban J connectivity index is 1.44. The molecule has 0 radical (unpaired) electrons. The average molecular weight is 423 g/mol. The van der Waals surface area contributed by atoms with Crippen LogP contribution in [0.25, 0.3) is 11.8 Å². The fraction of sp³-hybridized carbons (Fsp3) is 0.0476. The number of nitro groups is 1. The highest BCUT2D eigenvalue weighted by Gasteiger charge is 2.19. The molecule has 0 saturated carbocycles. The summed E-state index contributed by atoms with van der Waals surface area (Å²) in [6, 6.07) is 14.6. The molecule has 0 atom stereocenters. The summed E-state index contributed by atoms with van der Waals surface area (Å²) in [5, 5.41) is 14.6. The van der Waals surface area contributed by atoms with E-state index in [0.29, 0.717) is 17.1 Å². The van der Waals surface area contributed by atoms with Crippen molar-refractivity contribution in [1.29, 1.82) is 0 Å². The lowest BCUT2D eigenvalue weighted by Gasteiger charge is -2.04. The second-order valence-electron chi connectivity index (χ2n) is 6.40. The van der Waals surface area contributed by atoms with Crippen LogP contribution in [0.5, 0.6) is 0 Å². The summed E-state index contributed by atoms with van der Waals surface area (Å²) >= 11 is 5.79. The number of hydrogen-bond donors (Lipinski definition) is 0. The minimum Gasteiger partial charge on any atom is -0.460 e. The van der Waals surface area contributed by atoms with Crippen LogP contribution in [0.3, 0.4) is 0 Å². The fourth-order valence-electron chi connectivity index (χ4n) is 2.90. The molecule has 4 aromatic rings. The van der Waals surface area contributed by atoms with Crippen molar-refractivity contribution in [3.63, 3.8) is 0 Å². The first-order valence-corrected chi connectivity index (χ1v) is 9.29. The van der Waals surface area contributed by atoms with E-state index in [1.807, 2.05) is 47.3 Å². The molecule has 1 aromatic carbocycles. The van der Waals surface area contributed by atoms with Gasteiger partial charge in [0.2, 0.25) is 0 Å². The molecular formula is C21H15ClN4O4. The molecular weight excluding hydrogens is 408 g/mol. The number of benzene rings is 1. The number of rotatable bonds is 7. The van der Waals surface area contributed by atoms with Gasteiger partial charge in [-0.25, -0.2) is 0 Å². The van der Waals surface area contributed by atoms with E-state index >= 15 is 0 Å². The second-order valence-corrected chi connectivity index (χ2v) is 6.80. The molecule has 3 aromatic heterocycles. The van der Waals surface area contributed by atoms with Crippen LogP contribution in [0.1, 0.15) is 21.9 Å². The molecule has 4 rings (SSSR count). The van der Waals surface area contributed by atoms with Crippen LogP contribution >= 0.6 is 11.6 Å². The van der Waals surface area contributed by atoms with E-state index in [9.17, 15) is 14.9 Å². The Bertz CT molecular complexity index is 1240. The Morgan fingerprint density at radius 1 is 1.20 bits per heavy atom. The smallest absolute Gasteiger partial charge is 0.408 e. The summed E-state index contributed by atoms with van der Waals surface area (Å²) in [5.74, 6) is 0.436. The average Bonchev–Trinajstić information content (AvgIpc) is 3.48. The number of carbonyl (C=O) groups excluding carboxylic acids is 1. The molecule has 9 heteroatoms. The van der Waals surface area contributed by atoms with E-state index in [1.165, 1.54) is 17.0 Å². The maximum Gasteiger partial charge on any atom is 0.408 e. The van der Waals surface area contributed by atoms with Gasteiger partial charge in [-0.15, -0.1) is 0 Å². The number of aromatic nitrogens is 3. The van der Waals surface area contributed by atoms with Crippen LogP contribution in [-0.2, 0) is 6.54 Å². The molecule has 0 aliphatic carbocycles. The Morgan fingerprint density at radius 3 is 2.73 bits per heavy atom. The molecule has 3 heterocycles. The first-order valence-electron chi connectivity index (χ1n) is 8.91. The number of hydrogen-bond acceptors (Lipinski definition) is 5. The van der Waals surface area contributed by atoms with Crippen LogP contribution in [0.2, 0.25) is 5.02 Å². The Hall–Kier alpha value is -3.91. The molecule has 0 bridgehead atoms. The topological polar surface area (TPSA) is 96.1 Å². The van der Waals surface area contributed by atoms with Crippen molar-refractivity contribution in [2.45, 2.75) is 6.54 Å². The van der Waals surface area contributed by atoms with Gasteiger partial charge in [0.1, 0.15) is 18.1 Å². The van der Waals surface area contributed by atoms with Crippen molar-refractivity contribution in [1.82, 2.24) is 14.3 Å². The highest BCUT2D eigenvalue weighted by molar-refractivity contribution is 6.32. The number of ketones is 1. The lowest BCUT2D eigenvalue weighted by molar-refractivity contribution is -0.389. The minimum atomic E-state index is -0.647. The lowest BCUT2D eigenvalue weighted by atomic mass is 10.1. The van der Waals surface area contributed by atoms with Crippen LogP contribution in [0, 0.1) is 10.1 Å². The van der Waals surface area contributed by atoms with Crippen molar-refractivity contribution < 1.29 is 14.1 Å². The van der Waals surface area contributed by atoms with E-state index in [1.54, 1.807) is 24.3 Å². The van der Waals surface area contributed by atoms with Crippen molar-refractivity contribution >= 4 is 29.3 Å². The third-order valence-electron chi connectivity index (χ3n) is 4.30. The first-order chi connectivity index (χ1) is 14.5. The zero-order valence-electron chi connectivity index (χ0n) is 15.5. The van der Waals surface area contributed by atoms with E-state index in [4.69, 9.17) is 16.0 Å². The summed E-state index contributed by atoms with van der Waals surface area (Å²) < 4.78 is 8.90.